The number of amides is 2. The first-order valence-electron chi connectivity index (χ1n) is 5.88. The summed E-state index contributed by atoms with van der Waals surface area (Å²) in [5.41, 5.74) is 0.754. The van der Waals surface area contributed by atoms with E-state index in [0.717, 1.165) is 16.9 Å². The van der Waals surface area contributed by atoms with Gasteiger partial charge in [-0.1, -0.05) is 12.1 Å². The molecule has 0 atom stereocenters. The highest BCUT2D eigenvalue weighted by Gasteiger charge is 2.22. The molecule has 0 unspecified atom stereocenters. The van der Waals surface area contributed by atoms with Crippen molar-refractivity contribution in [3.8, 4) is 0 Å². The predicted octanol–water partition coefficient (Wildman–Crippen LogP) is 1.32. The van der Waals surface area contributed by atoms with Gasteiger partial charge in [-0.05, 0) is 18.4 Å². The van der Waals surface area contributed by atoms with Crippen molar-refractivity contribution in [1.82, 2.24) is 9.80 Å². The van der Waals surface area contributed by atoms with E-state index < -0.39 is 0 Å². The molecule has 2 amide bonds. The maximum absolute atomic E-state index is 12.4. The first-order valence-corrected chi connectivity index (χ1v) is 7.10. The topological polar surface area (TPSA) is 40.6 Å². The number of piperazine rings is 1. The largest absolute Gasteiger partial charge is 0.342 e. The average Bonchev–Trinajstić information content (AvgIpc) is 2.46. The second-order valence-corrected chi connectivity index (χ2v) is 4.98. The van der Waals surface area contributed by atoms with Crippen molar-refractivity contribution in [1.29, 1.82) is 0 Å². The Hall–Kier alpha value is -1.49. The van der Waals surface area contributed by atoms with Gasteiger partial charge in [0.15, 0.2) is 0 Å². The van der Waals surface area contributed by atoms with Crippen LogP contribution in [0.1, 0.15) is 10.4 Å². The molecule has 1 saturated heterocycles. The molecule has 1 aromatic carbocycles. The van der Waals surface area contributed by atoms with Gasteiger partial charge in [0.2, 0.25) is 6.41 Å². The zero-order valence-electron chi connectivity index (χ0n) is 10.3. The van der Waals surface area contributed by atoms with Crippen molar-refractivity contribution >= 4 is 24.1 Å². The lowest BCUT2D eigenvalue weighted by molar-refractivity contribution is -0.119. The van der Waals surface area contributed by atoms with Crippen molar-refractivity contribution < 1.29 is 9.59 Å². The smallest absolute Gasteiger partial charge is 0.255 e. The standard InChI is InChI=1S/C13H16N2O2S/c1-18-12-5-3-2-4-11(12)13(17)15-8-6-14(10-16)7-9-15/h2-5,10H,6-9H2,1H3. The summed E-state index contributed by atoms with van der Waals surface area (Å²) < 4.78 is 0. The molecule has 0 aromatic heterocycles. The summed E-state index contributed by atoms with van der Waals surface area (Å²) in [6.07, 6.45) is 2.81. The van der Waals surface area contributed by atoms with E-state index in [4.69, 9.17) is 0 Å². The van der Waals surface area contributed by atoms with Gasteiger partial charge in [-0.3, -0.25) is 9.59 Å². The Bertz CT molecular complexity index is 442. The Labute approximate surface area is 111 Å². The third kappa shape index (κ3) is 2.67. The number of thioether (sulfide) groups is 1. The van der Waals surface area contributed by atoms with Gasteiger partial charge in [0.1, 0.15) is 0 Å². The molecule has 4 nitrogen and oxygen atoms in total. The number of hydrogen-bond donors (Lipinski definition) is 0. The Morgan fingerprint density at radius 1 is 1.22 bits per heavy atom. The molecular formula is C13H16N2O2S. The van der Waals surface area contributed by atoms with Crippen LogP contribution in [-0.2, 0) is 4.79 Å². The van der Waals surface area contributed by atoms with Crippen LogP contribution in [0.2, 0.25) is 0 Å². The average molecular weight is 264 g/mol. The Balaban J connectivity index is 2.10. The van der Waals surface area contributed by atoms with E-state index in [1.54, 1.807) is 16.7 Å². The summed E-state index contributed by atoms with van der Waals surface area (Å²) >= 11 is 1.58. The Morgan fingerprint density at radius 3 is 2.50 bits per heavy atom. The molecule has 96 valence electrons. The molecule has 1 aromatic rings. The summed E-state index contributed by atoms with van der Waals surface area (Å²) in [5.74, 6) is 0.0606. The highest BCUT2D eigenvalue weighted by Crippen LogP contribution is 2.21. The van der Waals surface area contributed by atoms with Crippen LogP contribution in [0.15, 0.2) is 29.2 Å². The molecule has 0 bridgehead atoms. The molecule has 1 aliphatic rings. The molecule has 0 radical (unpaired) electrons. The summed E-state index contributed by atoms with van der Waals surface area (Å²) in [6, 6.07) is 7.64. The fourth-order valence-electron chi connectivity index (χ4n) is 2.02. The lowest BCUT2D eigenvalue weighted by atomic mass is 10.2. The van der Waals surface area contributed by atoms with Crippen molar-refractivity contribution in [2.75, 3.05) is 32.4 Å². The molecule has 1 heterocycles. The normalized spacial score (nSPS) is 15.6. The number of carbonyl (C=O) groups excluding carboxylic acids is 2. The van der Waals surface area contributed by atoms with Crippen molar-refractivity contribution in [3.05, 3.63) is 29.8 Å². The highest BCUT2D eigenvalue weighted by atomic mass is 32.2. The summed E-state index contributed by atoms with van der Waals surface area (Å²) in [5, 5.41) is 0. The van der Waals surface area contributed by atoms with Crippen LogP contribution in [0, 0.1) is 0 Å². The van der Waals surface area contributed by atoms with Gasteiger partial charge in [-0.25, -0.2) is 0 Å². The van der Waals surface area contributed by atoms with Crippen LogP contribution in [-0.4, -0.2) is 54.6 Å². The van der Waals surface area contributed by atoms with Crippen LogP contribution >= 0.6 is 11.8 Å². The van der Waals surface area contributed by atoms with Crippen molar-refractivity contribution in [3.63, 3.8) is 0 Å². The van der Waals surface area contributed by atoms with Gasteiger partial charge in [-0.2, -0.15) is 0 Å². The first kappa shape index (κ1) is 13.0. The van der Waals surface area contributed by atoms with E-state index in [9.17, 15) is 9.59 Å². The van der Waals surface area contributed by atoms with E-state index in [-0.39, 0.29) is 5.91 Å². The van der Waals surface area contributed by atoms with Crippen LogP contribution < -0.4 is 0 Å². The van der Waals surface area contributed by atoms with Crippen molar-refractivity contribution in [2.45, 2.75) is 4.90 Å². The Kier molecular flexibility index (Phi) is 4.25. The fourth-order valence-corrected chi connectivity index (χ4v) is 2.61. The number of nitrogens with zero attached hydrogens (tertiary/aromatic N) is 2. The number of hydrogen-bond acceptors (Lipinski definition) is 3. The van der Waals surface area contributed by atoms with E-state index in [1.165, 1.54) is 0 Å². The molecule has 5 heteroatoms. The minimum absolute atomic E-state index is 0.0606. The number of benzene rings is 1. The van der Waals surface area contributed by atoms with E-state index in [1.807, 2.05) is 35.4 Å². The highest BCUT2D eigenvalue weighted by molar-refractivity contribution is 7.98. The molecule has 0 N–H and O–H groups in total. The van der Waals surface area contributed by atoms with Crippen LogP contribution in [0.3, 0.4) is 0 Å². The molecule has 1 fully saturated rings. The third-order valence-electron chi connectivity index (χ3n) is 3.09. The summed E-state index contributed by atoms with van der Waals surface area (Å²) in [4.78, 5) is 27.5. The van der Waals surface area contributed by atoms with E-state index in [2.05, 4.69) is 0 Å². The predicted molar refractivity (Wildman–Crippen MR) is 71.8 cm³/mol. The summed E-state index contributed by atoms with van der Waals surface area (Å²) in [6.45, 7) is 2.47. The number of carbonyl (C=O) groups is 2. The summed E-state index contributed by atoms with van der Waals surface area (Å²) in [7, 11) is 0. The van der Waals surface area contributed by atoms with Gasteiger partial charge >= 0.3 is 0 Å². The molecule has 0 spiro atoms. The van der Waals surface area contributed by atoms with Gasteiger partial charge in [0.05, 0.1) is 5.56 Å². The van der Waals surface area contributed by atoms with E-state index >= 15 is 0 Å². The van der Waals surface area contributed by atoms with Gasteiger partial charge in [0, 0.05) is 31.1 Å². The first-order chi connectivity index (χ1) is 8.76. The quantitative estimate of drug-likeness (QED) is 0.611. The lowest BCUT2D eigenvalue weighted by Gasteiger charge is -2.32. The van der Waals surface area contributed by atoms with Crippen LogP contribution in [0.4, 0.5) is 0 Å². The van der Waals surface area contributed by atoms with Gasteiger partial charge < -0.3 is 9.80 Å². The number of rotatable bonds is 3. The monoisotopic (exact) mass is 264 g/mol. The zero-order valence-corrected chi connectivity index (χ0v) is 11.2. The zero-order chi connectivity index (χ0) is 13.0. The minimum atomic E-state index is 0.0606. The minimum Gasteiger partial charge on any atom is -0.342 e. The lowest BCUT2D eigenvalue weighted by Crippen LogP contribution is -2.48. The molecule has 2 rings (SSSR count). The molecule has 0 saturated carbocycles. The van der Waals surface area contributed by atoms with Gasteiger partial charge in [-0.15, -0.1) is 11.8 Å². The fraction of sp³-hybridized carbons (Fsp3) is 0.385. The van der Waals surface area contributed by atoms with Crippen LogP contribution in [0.25, 0.3) is 0 Å². The molecule has 18 heavy (non-hydrogen) atoms. The van der Waals surface area contributed by atoms with Gasteiger partial charge in [0.25, 0.3) is 5.91 Å². The van der Waals surface area contributed by atoms with Crippen LogP contribution in [0.5, 0.6) is 0 Å². The molecular weight excluding hydrogens is 248 g/mol. The SMILES string of the molecule is CSc1ccccc1C(=O)N1CCN(C=O)CC1. The maximum Gasteiger partial charge on any atom is 0.255 e. The molecule has 1 aliphatic heterocycles. The maximum atomic E-state index is 12.4. The molecule has 0 aliphatic carbocycles. The second kappa shape index (κ2) is 5.91. The second-order valence-electron chi connectivity index (χ2n) is 4.13. The third-order valence-corrected chi connectivity index (χ3v) is 3.88. The Morgan fingerprint density at radius 2 is 1.89 bits per heavy atom. The van der Waals surface area contributed by atoms with Crippen molar-refractivity contribution in [2.24, 2.45) is 0 Å². The van der Waals surface area contributed by atoms with E-state index in [0.29, 0.717) is 26.2 Å².